The second-order valence-corrected chi connectivity index (χ2v) is 6.88. The Morgan fingerprint density at radius 3 is 2.08 bits per heavy atom. The van der Waals surface area contributed by atoms with Gasteiger partial charge in [-0.05, 0) is 56.3 Å². The first-order valence-electron chi connectivity index (χ1n) is 8.70. The number of hydrogen-bond acceptors (Lipinski definition) is 4. The fourth-order valence-electron chi connectivity index (χ4n) is 3.92. The van der Waals surface area contributed by atoms with E-state index < -0.39 is 0 Å². The second-order valence-electron chi connectivity index (χ2n) is 6.88. The van der Waals surface area contributed by atoms with Crippen LogP contribution in [0.5, 0.6) is 0 Å². The molecule has 4 nitrogen and oxygen atoms in total. The van der Waals surface area contributed by atoms with Crippen molar-refractivity contribution < 1.29 is 0 Å². The third kappa shape index (κ3) is 4.43. The summed E-state index contributed by atoms with van der Waals surface area (Å²) in [4.78, 5) is 2.40. The van der Waals surface area contributed by atoms with Crippen molar-refractivity contribution in [2.24, 2.45) is 5.41 Å². The van der Waals surface area contributed by atoms with E-state index in [-0.39, 0.29) is 24.8 Å². The van der Waals surface area contributed by atoms with Crippen molar-refractivity contribution in [3.05, 3.63) is 42.5 Å². The Labute approximate surface area is 162 Å². The summed E-state index contributed by atoms with van der Waals surface area (Å²) in [5, 5.41) is 12.4. The average Bonchev–Trinajstić information content (AvgIpc) is 2.64. The predicted octanol–water partition coefficient (Wildman–Crippen LogP) is 3.96. The molecule has 2 aromatic rings. The third-order valence-corrected chi connectivity index (χ3v) is 5.53. The topological polar surface area (TPSA) is 41.0 Å². The van der Waals surface area contributed by atoms with Crippen molar-refractivity contribution in [2.75, 3.05) is 31.1 Å². The van der Waals surface area contributed by atoms with Gasteiger partial charge in [0.1, 0.15) is 0 Å². The largest absolute Gasteiger partial charge is 0.355 e. The van der Waals surface area contributed by atoms with Gasteiger partial charge in [-0.15, -0.1) is 35.0 Å². The van der Waals surface area contributed by atoms with Crippen LogP contribution in [0.1, 0.15) is 25.7 Å². The van der Waals surface area contributed by atoms with Gasteiger partial charge in [0.15, 0.2) is 5.82 Å². The molecule has 3 heterocycles. The molecule has 0 unspecified atom stereocenters. The Kier molecular flexibility index (Phi) is 7.05. The molecule has 1 aromatic carbocycles. The van der Waals surface area contributed by atoms with Crippen LogP contribution in [0, 0.1) is 5.41 Å². The minimum Gasteiger partial charge on any atom is -0.355 e. The first-order valence-corrected chi connectivity index (χ1v) is 8.70. The summed E-state index contributed by atoms with van der Waals surface area (Å²) >= 11 is 0. The lowest BCUT2D eigenvalue weighted by Gasteiger charge is -2.44. The zero-order valence-electron chi connectivity index (χ0n) is 14.4. The summed E-state index contributed by atoms with van der Waals surface area (Å²) in [6.07, 6.45) is 5.24. The van der Waals surface area contributed by atoms with Crippen LogP contribution in [0.4, 0.5) is 5.82 Å². The van der Waals surface area contributed by atoms with Crippen LogP contribution in [0.2, 0.25) is 0 Å². The van der Waals surface area contributed by atoms with E-state index in [9.17, 15) is 0 Å². The van der Waals surface area contributed by atoms with Gasteiger partial charge >= 0.3 is 0 Å². The molecule has 2 aliphatic rings. The summed E-state index contributed by atoms with van der Waals surface area (Å²) in [5.74, 6) is 1.02. The standard InChI is InChI=1S/C19H24N4.2ClH/c1-2-4-16(5-3-1)17-6-7-18(22-21-17)23-14-10-19(11-15-23)8-12-20-13-9-19;;/h1-7,20H,8-15H2;2*1H. The Bertz CT molecular complexity index is 632. The molecule has 1 spiro atoms. The molecule has 6 heteroatoms. The van der Waals surface area contributed by atoms with Gasteiger partial charge in [-0.25, -0.2) is 0 Å². The molecule has 0 saturated carbocycles. The first kappa shape index (κ1) is 20.0. The van der Waals surface area contributed by atoms with Gasteiger partial charge in [-0.2, -0.15) is 0 Å². The Morgan fingerprint density at radius 2 is 1.48 bits per heavy atom. The van der Waals surface area contributed by atoms with Gasteiger partial charge in [-0.3, -0.25) is 0 Å². The Morgan fingerprint density at radius 1 is 0.800 bits per heavy atom. The number of aromatic nitrogens is 2. The maximum absolute atomic E-state index is 4.48. The van der Waals surface area contributed by atoms with E-state index in [1.165, 1.54) is 38.8 Å². The second kappa shape index (κ2) is 8.84. The van der Waals surface area contributed by atoms with Gasteiger partial charge in [0.25, 0.3) is 0 Å². The number of nitrogens with zero attached hydrogens (tertiary/aromatic N) is 3. The Hall–Kier alpha value is -1.36. The fraction of sp³-hybridized carbons (Fsp3) is 0.474. The molecule has 4 rings (SSSR count). The van der Waals surface area contributed by atoms with Crippen LogP contribution in [0.25, 0.3) is 11.3 Å². The number of anilines is 1. The molecule has 0 atom stereocenters. The highest BCUT2D eigenvalue weighted by Crippen LogP contribution is 2.40. The number of rotatable bonds is 2. The van der Waals surface area contributed by atoms with E-state index in [1.54, 1.807) is 0 Å². The van der Waals surface area contributed by atoms with Gasteiger partial charge in [-0.1, -0.05) is 30.3 Å². The van der Waals surface area contributed by atoms with Crippen molar-refractivity contribution in [2.45, 2.75) is 25.7 Å². The van der Waals surface area contributed by atoms with E-state index >= 15 is 0 Å². The van der Waals surface area contributed by atoms with E-state index in [0.29, 0.717) is 5.41 Å². The zero-order valence-corrected chi connectivity index (χ0v) is 16.0. The van der Waals surface area contributed by atoms with E-state index in [4.69, 9.17) is 0 Å². The minimum absolute atomic E-state index is 0. The zero-order chi connectivity index (χ0) is 15.5. The number of hydrogen-bond donors (Lipinski definition) is 1. The fourth-order valence-corrected chi connectivity index (χ4v) is 3.92. The van der Waals surface area contributed by atoms with Crippen molar-refractivity contribution in [1.82, 2.24) is 15.5 Å². The molecular weight excluding hydrogens is 355 g/mol. The van der Waals surface area contributed by atoms with Crippen LogP contribution < -0.4 is 10.2 Å². The molecule has 0 amide bonds. The lowest BCUT2D eigenvalue weighted by atomic mass is 9.71. The maximum Gasteiger partial charge on any atom is 0.151 e. The maximum atomic E-state index is 4.48. The molecule has 1 aromatic heterocycles. The third-order valence-electron chi connectivity index (χ3n) is 5.53. The molecule has 2 saturated heterocycles. The summed E-state index contributed by atoms with van der Waals surface area (Å²) in [6, 6.07) is 14.5. The highest BCUT2D eigenvalue weighted by atomic mass is 35.5. The monoisotopic (exact) mass is 380 g/mol. The van der Waals surface area contributed by atoms with Crippen LogP contribution in [-0.4, -0.2) is 36.4 Å². The van der Waals surface area contributed by atoms with Crippen LogP contribution >= 0.6 is 24.8 Å². The summed E-state index contributed by atoms with van der Waals surface area (Å²) in [7, 11) is 0. The minimum atomic E-state index is 0. The van der Waals surface area contributed by atoms with E-state index in [2.05, 4.69) is 44.7 Å². The lowest BCUT2D eigenvalue weighted by molar-refractivity contribution is 0.154. The SMILES string of the molecule is Cl.Cl.c1ccc(-c2ccc(N3CCC4(CCNCC4)CC3)nn2)cc1. The quantitative estimate of drug-likeness (QED) is 0.855. The first-order chi connectivity index (χ1) is 11.3. The van der Waals surface area contributed by atoms with Crippen LogP contribution in [0.15, 0.2) is 42.5 Å². The molecule has 25 heavy (non-hydrogen) atoms. The Balaban J connectivity index is 0.00000113. The van der Waals surface area contributed by atoms with Crippen molar-refractivity contribution in [3.8, 4) is 11.3 Å². The smallest absolute Gasteiger partial charge is 0.151 e. The molecule has 1 N–H and O–H groups in total. The lowest BCUT2D eigenvalue weighted by Crippen LogP contribution is -2.45. The molecule has 2 aliphatic heterocycles. The highest BCUT2D eigenvalue weighted by molar-refractivity contribution is 5.85. The molecule has 0 aliphatic carbocycles. The van der Waals surface area contributed by atoms with Gasteiger partial charge < -0.3 is 10.2 Å². The number of halogens is 2. The van der Waals surface area contributed by atoms with Gasteiger partial charge in [0, 0.05) is 18.7 Å². The molecule has 136 valence electrons. The predicted molar refractivity (Wildman–Crippen MR) is 108 cm³/mol. The number of nitrogens with one attached hydrogen (secondary N) is 1. The van der Waals surface area contributed by atoms with Gasteiger partial charge in [0.05, 0.1) is 5.69 Å². The summed E-state index contributed by atoms with van der Waals surface area (Å²) < 4.78 is 0. The molecule has 0 bridgehead atoms. The van der Waals surface area contributed by atoms with Crippen molar-refractivity contribution in [3.63, 3.8) is 0 Å². The number of benzene rings is 1. The van der Waals surface area contributed by atoms with Crippen LogP contribution in [0.3, 0.4) is 0 Å². The molecule has 2 fully saturated rings. The van der Waals surface area contributed by atoms with Crippen molar-refractivity contribution >= 4 is 30.6 Å². The summed E-state index contributed by atoms with van der Waals surface area (Å²) in [6.45, 7) is 4.59. The summed E-state index contributed by atoms with van der Waals surface area (Å²) in [5.41, 5.74) is 2.65. The molecular formula is C19H26Cl2N4. The van der Waals surface area contributed by atoms with E-state index in [1.807, 2.05) is 18.2 Å². The number of piperidine rings is 2. The highest BCUT2D eigenvalue weighted by Gasteiger charge is 2.35. The molecule has 0 radical (unpaired) electrons. The average molecular weight is 381 g/mol. The normalized spacial score (nSPS) is 19.0. The van der Waals surface area contributed by atoms with Gasteiger partial charge in [0.2, 0.25) is 0 Å². The van der Waals surface area contributed by atoms with Crippen molar-refractivity contribution in [1.29, 1.82) is 0 Å². The van der Waals surface area contributed by atoms with E-state index in [0.717, 1.165) is 30.2 Å². The van der Waals surface area contributed by atoms with Crippen LogP contribution in [-0.2, 0) is 0 Å².